The molecule has 0 saturated carbocycles. The average molecular weight is 242 g/mol. The van der Waals surface area contributed by atoms with Gasteiger partial charge in [0.15, 0.2) is 0 Å². The van der Waals surface area contributed by atoms with Crippen LogP contribution in [0.4, 0.5) is 0 Å². The van der Waals surface area contributed by atoms with Crippen LogP contribution in [-0.4, -0.2) is 50.7 Å². The van der Waals surface area contributed by atoms with Gasteiger partial charge in [0.05, 0.1) is 7.11 Å². The molecule has 0 aromatic rings. The Morgan fingerprint density at radius 2 is 2.24 bits per heavy atom. The summed E-state index contributed by atoms with van der Waals surface area (Å²) < 4.78 is 4.76. The van der Waals surface area contributed by atoms with Crippen molar-refractivity contribution in [2.75, 3.05) is 33.8 Å². The minimum atomic E-state index is -0.0813. The number of esters is 1. The number of ether oxygens (including phenoxy) is 1. The Morgan fingerprint density at radius 3 is 2.82 bits per heavy atom. The maximum absolute atomic E-state index is 11.3. The maximum Gasteiger partial charge on any atom is 0.305 e. The molecule has 2 unspecified atom stereocenters. The van der Waals surface area contributed by atoms with Crippen LogP contribution in [0.1, 0.15) is 32.6 Å². The van der Waals surface area contributed by atoms with Gasteiger partial charge >= 0.3 is 5.97 Å². The zero-order chi connectivity index (χ0) is 12.7. The second-order valence-corrected chi connectivity index (χ2v) is 4.98. The smallest absolute Gasteiger partial charge is 0.305 e. The van der Waals surface area contributed by atoms with Crippen molar-refractivity contribution in [2.45, 2.75) is 38.6 Å². The average Bonchev–Trinajstić information content (AvgIpc) is 2.35. The van der Waals surface area contributed by atoms with E-state index < -0.39 is 0 Å². The first-order valence-electron chi connectivity index (χ1n) is 6.66. The van der Waals surface area contributed by atoms with Gasteiger partial charge in [-0.2, -0.15) is 0 Å². The SMILES string of the molecule is CCCCN1CC(CC(=O)OC)CC(NC)C1. The zero-order valence-corrected chi connectivity index (χ0v) is 11.4. The third kappa shape index (κ3) is 5.04. The molecule has 4 nitrogen and oxygen atoms in total. The highest BCUT2D eigenvalue weighted by Gasteiger charge is 2.27. The van der Waals surface area contributed by atoms with E-state index in [1.807, 2.05) is 7.05 Å². The van der Waals surface area contributed by atoms with Crippen molar-refractivity contribution in [3.8, 4) is 0 Å². The summed E-state index contributed by atoms with van der Waals surface area (Å²) in [6.07, 6.45) is 4.09. The van der Waals surface area contributed by atoms with Crippen LogP contribution in [0.5, 0.6) is 0 Å². The molecule has 0 spiro atoms. The highest BCUT2D eigenvalue weighted by Crippen LogP contribution is 2.20. The molecule has 1 aliphatic rings. The number of carbonyl (C=O) groups excluding carboxylic acids is 1. The van der Waals surface area contributed by atoms with Crippen molar-refractivity contribution < 1.29 is 9.53 Å². The van der Waals surface area contributed by atoms with Crippen LogP contribution >= 0.6 is 0 Å². The highest BCUT2D eigenvalue weighted by atomic mass is 16.5. The van der Waals surface area contributed by atoms with Gasteiger partial charge in [-0.15, -0.1) is 0 Å². The van der Waals surface area contributed by atoms with Crippen molar-refractivity contribution in [3.05, 3.63) is 0 Å². The Labute approximate surface area is 105 Å². The van der Waals surface area contributed by atoms with Gasteiger partial charge < -0.3 is 15.0 Å². The normalized spacial score (nSPS) is 25.8. The first-order chi connectivity index (χ1) is 8.19. The number of nitrogens with zero attached hydrogens (tertiary/aromatic N) is 1. The predicted molar refractivity (Wildman–Crippen MR) is 68.9 cm³/mol. The van der Waals surface area contributed by atoms with Crippen LogP contribution in [0.2, 0.25) is 0 Å². The van der Waals surface area contributed by atoms with Gasteiger partial charge in [-0.3, -0.25) is 4.79 Å². The second kappa shape index (κ2) is 7.67. The van der Waals surface area contributed by atoms with Crippen LogP contribution in [0.15, 0.2) is 0 Å². The fourth-order valence-electron chi connectivity index (χ4n) is 2.54. The lowest BCUT2D eigenvalue weighted by molar-refractivity contribution is -0.142. The number of hydrogen-bond donors (Lipinski definition) is 1. The van der Waals surface area contributed by atoms with Gasteiger partial charge in [0.2, 0.25) is 0 Å². The Bertz CT molecular complexity index is 233. The molecule has 1 heterocycles. The van der Waals surface area contributed by atoms with E-state index >= 15 is 0 Å². The van der Waals surface area contributed by atoms with Gasteiger partial charge in [-0.1, -0.05) is 13.3 Å². The van der Waals surface area contributed by atoms with Gasteiger partial charge in [0.25, 0.3) is 0 Å². The molecule has 2 atom stereocenters. The molecule has 0 aromatic carbocycles. The lowest BCUT2D eigenvalue weighted by Crippen LogP contribution is -2.48. The lowest BCUT2D eigenvalue weighted by Gasteiger charge is -2.37. The molecule has 4 heteroatoms. The monoisotopic (exact) mass is 242 g/mol. The van der Waals surface area contributed by atoms with Gasteiger partial charge in [-0.05, 0) is 32.4 Å². The Morgan fingerprint density at radius 1 is 1.47 bits per heavy atom. The minimum absolute atomic E-state index is 0.0813. The van der Waals surface area contributed by atoms with E-state index in [1.165, 1.54) is 20.0 Å². The van der Waals surface area contributed by atoms with Crippen molar-refractivity contribution in [2.24, 2.45) is 5.92 Å². The molecular formula is C13H26N2O2. The summed E-state index contributed by atoms with van der Waals surface area (Å²) >= 11 is 0. The fourth-order valence-corrected chi connectivity index (χ4v) is 2.54. The molecule has 1 aliphatic heterocycles. The van der Waals surface area contributed by atoms with E-state index in [2.05, 4.69) is 17.1 Å². The number of likely N-dealkylation sites (N-methyl/N-ethyl adjacent to an activating group) is 1. The molecule has 0 aromatic heterocycles. The van der Waals surface area contributed by atoms with E-state index in [0.29, 0.717) is 18.4 Å². The summed E-state index contributed by atoms with van der Waals surface area (Å²) in [6.45, 7) is 5.50. The fraction of sp³-hybridized carbons (Fsp3) is 0.923. The molecule has 1 fully saturated rings. The summed E-state index contributed by atoms with van der Waals surface area (Å²) in [7, 11) is 3.47. The maximum atomic E-state index is 11.3. The topological polar surface area (TPSA) is 41.6 Å². The van der Waals surface area contributed by atoms with Crippen LogP contribution in [0.25, 0.3) is 0 Å². The number of nitrogens with one attached hydrogen (secondary N) is 1. The Kier molecular flexibility index (Phi) is 6.52. The van der Waals surface area contributed by atoms with Crippen LogP contribution in [0, 0.1) is 5.92 Å². The summed E-state index contributed by atoms with van der Waals surface area (Å²) in [6, 6.07) is 0.510. The molecule has 0 radical (unpaired) electrons. The molecule has 1 N–H and O–H groups in total. The summed E-state index contributed by atoms with van der Waals surface area (Å²) in [5.41, 5.74) is 0. The minimum Gasteiger partial charge on any atom is -0.469 e. The highest BCUT2D eigenvalue weighted by molar-refractivity contribution is 5.69. The first-order valence-corrected chi connectivity index (χ1v) is 6.66. The van der Waals surface area contributed by atoms with Crippen molar-refractivity contribution in [3.63, 3.8) is 0 Å². The van der Waals surface area contributed by atoms with E-state index in [9.17, 15) is 4.79 Å². The molecular weight excluding hydrogens is 216 g/mol. The second-order valence-electron chi connectivity index (χ2n) is 4.98. The molecule has 1 saturated heterocycles. The first kappa shape index (κ1) is 14.5. The van der Waals surface area contributed by atoms with Crippen LogP contribution in [-0.2, 0) is 9.53 Å². The van der Waals surface area contributed by atoms with E-state index in [0.717, 1.165) is 26.1 Å². The Balaban J connectivity index is 2.44. The van der Waals surface area contributed by atoms with Crippen LogP contribution in [0.3, 0.4) is 0 Å². The lowest BCUT2D eigenvalue weighted by atomic mass is 9.91. The van der Waals surface area contributed by atoms with Gasteiger partial charge in [0, 0.05) is 25.6 Å². The standard InChI is InChI=1S/C13H26N2O2/c1-4-5-6-15-9-11(8-13(16)17-3)7-12(10-15)14-2/h11-12,14H,4-10H2,1-3H3. The summed E-state index contributed by atoms with van der Waals surface area (Å²) in [4.78, 5) is 13.8. The van der Waals surface area contributed by atoms with E-state index in [4.69, 9.17) is 4.74 Å². The summed E-state index contributed by atoms with van der Waals surface area (Å²) in [5, 5.41) is 3.34. The van der Waals surface area contributed by atoms with Crippen molar-refractivity contribution >= 4 is 5.97 Å². The zero-order valence-electron chi connectivity index (χ0n) is 11.4. The largest absolute Gasteiger partial charge is 0.469 e. The number of piperidine rings is 1. The van der Waals surface area contributed by atoms with Crippen LogP contribution < -0.4 is 5.32 Å². The van der Waals surface area contributed by atoms with Gasteiger partial charge in [0.1, 0.15) is 0 Å². The summed E-state index contributed by atoms with van der Waals surface area (Å²) in [5.74, 6) is 0.354. The van der Waals surface area contributed by atoms with E-state index in [-0.39, 0.29) is 5.97 Å². The Hall–Kier alpha value is -0.610. The molecule has 0 bridgehead atoms. The number of methoxy groups -OCH3 is 1. The molecule has 1 rings (SSSR count). The molecule has 0 aliphatic carbocycles. The number of carbonyl (C=O) groups is 1. The number of likely N-dealkylation sites (tertiary alicyclic amines) is 1. The van der Waals surface area contributed by atoms with Crippen molar-refractivity contribution in [1.29, 1.82) is 0 Å². The number of rotatable bonds is 6. The molecule has 0 amide bonds. The van der Waals surface area contributed by atoms with Crippen molar-refractivity contribution in [1.82, 2.24) is 10.2 Å². The third-order valence-electron chi connectivity index (χ3n) is 3.53. The number of hydrogen-bond acceptors (Lipinski definition) is 4. The molecule has 100 valence electrons. The number of unbranched alkanes of at least 4 members (excludes halogenated alkanes) is 1. The predicted octanol–water partition coefficient (Wildman–Crippen LogP) is 1.26. The molecule has 17 heavy (non-hydrogen) atoms. The van der Waals surface area contributed by atoms with Gasteiger partial charge in [-0.25, -0.2) is 0 Å². The van der Waals surface area contributed by atoms with E-state index in [1.54, 1.807) is 0 Å². The quantitative estimate of drug-likeness (QED) is 0.712. The third-order valence-corrected chi connectivity index (χ3v) is 3.53.